The largest absolute Gasteiger partial charge is 0.466 e. The van der Waals surface area contributed by atoms with Crippen LogP contribution < -0.4 is 0 Å². The molecule has 3 atom stereocenters. The van der Waals surface area contributed by atoms with Crippen molar-refractivity contribution < 1.29 is 14.3 Å². The van der Waals surface area contributed by atoms with E-state index in [1.165, 1.54) is 0 Å². The smallest absolute Gasteiger partial charge is 0.306 e. The molecule has 17 heavy (non-hydrogen) atoms. The maximum atomic E-state index is 12.1. The Morgan fingerprint density at radius 1 is 1.47 bits per heavy atom. The summed E-state index contributed by atoms with van der Waals surface area (Å²) in [6.07, 6.45) is 2.05. The third-order valence-corrected chi connectivity index (χ3v) is 3.57. The van der Waals surface area contributed by atoms with Gasteiger partial charge in [0, 0.05) is 11.8 Å². The first-order chi connectivity index (χ1) is 7.97. The molecule has 1 aliphatic rings. The van der Waals surface area contributed by atoms with Crippen LogP contribution >= 0.6 is 0 Å². The molecule has 0 aliphatic heterocycles. The third kappa shape index (κ3) is 3.42. The quantitative estimate of drug-likeness (QED) is 0.558. The van der Waals surface area contributed by atoms with Gasteiger partial charge in [-0.2, -0.15) is 0 Å². The van der Waals surface area contributed by atoms with Crippen LogP contribution in [0.2, 0.25) is 0 Å². The van der Waals surface area contributed by atoms with Gasteiger partial charge in [-0.05, 0) is 32.6 Å². The molecule has 1 saturated carbocycles. The van der Waals surface area contributed by atoms with E-state index in [0.29, 0.717) is 6.61 Å². The fraction of sp³-hybridized carbons (Fsp3) is 0.714. The first-order valence-corrected chi connectivity index (χ1v) is 6.32. The molecule has 0 N–H and O–H groups in total. The minimum atomic E-state index is -0.272. The Bertz CT molecular complexity index is 319. The summed E-state index contributed by atoms with van der Waals surface area (Å²) in [7, 11) is 0. The van der Waals surface area contributed by atoms with E-state index in [-0.39, 0.29) is 35.9 Å². The Kier molecular flexibility index (Phi) is 4.91. The normalized spacial score (nSPS) is 28.9. The zero-order valence-corrected chi connectivity index (χ0v) is 11.0. The lowest BCUT2D eigenvalue weighted by Crippen LogP contribution is -2.36. The summed E-state index contributed by atoms with van der Waals surface area (Å²) in [4.78, 5) is 23.7. The third-order valence-electron chi connectivity index (χ3n) is 3.57. The molecule has 0 aromatic carbocycles. The van der Waals surface area contributed by atoms with Gasteiger partial charge < -0.3 is 4.74 Å². The van der Waals surface area contributed by atoms with Crippen molar-refractivity contribution in [3.8, 4) is 0 Å². The number of hydrogen-bond donors (Lipinski definition) is 0. The maximum absolute atomic E-state index is 12.1. The van der Waals surface area contributed by atoms with Crippen LogP contribution in [-0.4, -0.2) is 18.4 Å². The lowest BCUT2D eigenvalue weighted by molar-refractivity contribution is -0.148. The van der Waals surface area contributed by atoms with E-state index in [1.807, 2.05) is 13.8 Å². The molecule has 1 fully saturated rings. The van der Waals surface area contributed by atoms with Crippen LogP contribution in [0.15, 0.2) is 12.2 Å². The number of ether oxygens (including phenoxy) is 1. The first-order valence-electron chi connectivity index (χ1n) is 6.32. The molecular formula is C14H22O3. The van der Waals surface area contributed by atoms with Crippen LogP contribution in [0, 0.1) is 17.8 Å². The molecule has 3 heteroatoms. The van der Waals surface area contributed by atoms with Crippen molar-refractivity contribution in [1.82, 2.24) is 0 Å². The number of ketones is 1. The highest BCUT2D eigenvalue weighted by Crippen LogP contribution is 2.36. The second-order valence-electron chi connectivity index (χ2n) is 4.95. The van der Waals surface area contributed by atoms with Gasteiger partial charge >= 0.3 is 5.97 Å². The SMILES string of the molecule is C=C(C)[C@@H]1CC[C@@H](C)C(=O)[C@H]1CC(=O)OCC. The fourth-order valence-electron chi connectivity index (χ4n) is 2.57. The van der Waals surface area contributed by atoms with Crippen LogP contribution in [0.25, 0.3) is 0 Å². The first kappa shape index (κ1) is 13.9. The van der Waals surface area contributed by atoms with Gasteiger partial charge in [0.15, 0.2) is 0 Å². The van der Waals surface area contributed by atoms with Gasteiger partial charge in [-0.1, -0.05) is 19.1 Å². The predicted molar refractivity (Wildman–Crippen MR) is 66.4 cm³/mol. The molecule has 0 amide bonds. The summed E-state index contributed by atoms with van der Waals surface area (Å²) in [5, 5.41) is 0. The summed E-state index contributed by atoms with van der Waals surface area (Å²) in [6, 6.07) is 0. The topological polar surface area (TPSA) is 43.4 Å². The highest BCUT2D eigenvalue weighted by molar-refractivity contribution is 5.88. The van der Waals surface area contributed by atoms with Crippen molar-refractivity contribution in [2.75, 3.05) is 6.61 Å². The Labute approximate surface area is 103 Å². The molecule has 0 saturated heterocycles. The summed E-state index contributed by atoms with van der Waals surface area (Å²) in [5.74, 6) is -0.105. The second-order valence-corrected chi connectivity index (χ2v) is 4.95. The van der Waals surface area contributed by atoms with Crippen LogP contribution in [0.5, 0.6) is 0 Å². The minimum Gasteiger partial charge on any atom is -0.466 e. The number of esters is 1. The highest BCUT2D eigenvalue weighted by Gasteiger charge is 2.37. The van der Waals surface area contributed by atoms with Gasteiger partial charge in [0.2, 0.25) is 0 Å². The molecule has 0 spiro atoms. The number of allylic oxidation sites excluding steroid dienone is 1. The van der Waals surface area contributed by atoms with E-state index in [9.17, 15) is 9.59 Å². The van der Waals surface area contributed by atoms with Gasteiger partial charge in [-0.15, -0.1) is 0 Å². The van der Waals surface area contributed by atoms with Crippen LogP contribution in [0.4, 0.5) is 0 Å². The van der Waals surface area contributed by atoms with Crippen molar-refractivity contribution in [3.05, 3.63) is 12.2 Å². The van der Waals surface area contributed by atoms with E-state index in [0.717, 1.165) is 18.4 Å². The van der Waals surface area contributed by atoms with E-state index < -0.39 is 0 Å². The molecule has 0 bridgehead atoms. The van der Waals surface area contributed by atoms with Gasteiger partial charge in [0.05, 0.1) is 13.0 Å². The number of rotatable bonds is 4. The number of carbonyl (C=O) groups is 2. The second kappa shape index (κ2) is 5.99. The summed E-state index contributed by atoms with van der Waals surface area (Å²) in [5.41, 5.74) is 1.000. The lowest BCUT2D eigenvalue weighted by Gasteiger charge is -2.33. The van der Waals surface area contributed by atoms with E-state index in [4.69, 9.17) is 4.74 Å². The van der Waals surface area contributed by atoms with Crippen molar-refractivity contribution in [3.63, 3.8) is 0 Å². The maximum Gasteiger partial charge on any atom is 0.306 e. The summed E-state index contributed by atoms with van der Waals surface area (Å²) < 4.78 is 4.94. The average molecular weight is 238 g/mol. The van der Waals surface area contributed by atoms with Crippen molar-refractivity contribution in [2.24, 2.45) is 17.8 Å². The van der Waals surface area contributed by atoms with Crippen LogP contribution in [0.1, 0.15) is 40.0 Å². The predicted octanol–water partition coefficient (Wildman–Crippen LogP) is 2.75. The van der Waals surface area contributed by atoms with Crippen LogP contribution in [0.3, 0.4) is 0 Å². The van der Waals surface area contributed by atoms with Gasteiger partial charge in [0.25, 0.3) is 0 Å². The molecular weight excluding hydrogens is 216 g/mol. The molecule has 3 nitrogen and oxygen atoms in total. The number of Topliss-reactive ketones (excluding diaryl/α,β-unsaturated/α-hetero) is 1. The monoisotopic (exact) mass is 238 g/mol. The molecule has 96 valence electrons. The van der Waals surface area contributed by atoms with E-state index in [1.54, 1.807) is 6.92 Å². The zero-order valence-electron chi connectivity index (χ0n) is 11.0. The summed E-state index contributed by atoms with van der Waals surface area (Å²) >= 11 is 0. The minimum absolute atomic E-state index is 0.0602. The molecule has 0 unspecified atom stereocenters. The number of hydrogen-bond acceptors (Lipinski definition) is 3. The number of carbonyl (C=O) groups excluding carboxylic acids is 2. The summed E-state index contributed by atoms with van der Waals surface area (Å²) in [6.45, 7) is 9.96. The van der Waals surface area contributed by atoms with Crippen molar-refractivity contribution >= 4 is 11.8 Å². The Morgan fingerprint density at radius 2 is 2.12 bits per heavy atom. The Morgan fingerprint density at radius 3 is 2.65 bits per heavy atom. The van der Waals surface area contributed by atoms with Gasteiger partial charge in [-0.3, -0.25) is 9.59 Å². The highest BCUT2D eigenvalue weighted by atomic mass is 16.5. The molecule has 0 aromatic rings. The van der Waals surface area contributed by atoms with Crippen molar-refractivity contribution in [1.29, 1.82) is 0 Å². The lowest BCUT2D eigenvalue weighted by atomic mass is 9.70. The van der Waals surface area contributed by atoms with E-state index in [2.05, 4.69) is 6.58 Å². The molecule has 0 heterocycles. The van der Waals surface area contributed by atoms with E-state index >= 15 is 0 Å². The Balaban J connectivity index is 2.76. The van der Waals surface area contributed by atoms with Crippen molar-refractivity contribution in [2.45, 2.75) is 40.0 Å². The molecule has 0 aromatic heterocycles. The molecule has 1 aliphatic carbocycles. The molecule has 1 rings (SSSR count). The van der Waals surface area contributed by atoms with Gasteiger partial charge in [0.1, 0.15) is 5.78 Å². The van der Waals surface area contributed by atoms with Crippen LogP contribution in [-0.2, 0) is 14.3 Å². The standard InChI is InChI=1S/C14H22O3/c1-5-17-13(15)8-12-11(9(2)3)7-6-10(4)14(12)16/h10-12H,2,5-8H2,1,3-4H3/t10-,11+,12+/m1/s1. The molecule has 0 radical (unpaired) electrons. The fourth-order valence-corrected chi connectivity index (χ4v) is 2.57. The van der Waals surface area contributed by atoms with Gasteiger partial charge in [-0.25, -0.2) is 0 Å². The average Bonchev–Trinajstić information content (AvgIpc) is 2.25. The zero-order chi connectivity index (χ0) is 13.0. The Hall–Kier alpha value is -1.12.